The molecule has 0 aromatic heterocycles. The number of hydrogen-bond donors (Lipinski definition) is 3. The predicted octanol–water partition coefficient (Wildman–Crippen LogP) is 3.13. The van der Waals surface area contributed by atoms with Crippen molar-refractivity contribution in [3.8, 4) is 0 Å². The molecule has 4 N–H and O–H groups in total. The second-order valence-electron chi connectivity index (χ2n) is 8.59. The molecule has 0 fully saturated rings. The Morgan fingerprint density at radius 2 is 1.96 bits per heavy atom. The maximum Gasteiger partial charge on any atom is 0.310 e. The SMILES string of the molecule is CC1(C)CCc2ccc(C(C)(C)C(O)(P=O)C(CCC(N)=O)C(=O)O)cc21. The first-order chi connectivity index (χ1) is 12.4. The number of carboxylic acids is 1. The molecule has 2 rings (SSSR count). The van der Waals surface area contributed by atoms with Gasteiger partial charge in [-0.05, 0) is 41.4 Å². The van der Waals surface area contributed by atoms with Gasteiger partial charge in [0.25, 0.3) is 0 Å². The molecule has 0 saturated carbocycles. The maximum absolute atomic E-state index is 12.1. The predicted molar refractivity (Wildman–Crippen MR) is 103 cm³/mol. The molecule has 2 unspecified atom stereocenters. The van der Waals surface area contributed by atoms with E-state index in [0.29, 0.717) is 5.56 Å². The summed E-state index contributed by atoms with van der Waals surface area (Å²) in [6, 6.07) is 5.86. The molecule has 6 nitrogen and oxygen atoms in total. The van der Waals surface area contributed by atoms with Crippen molar-refractivity contribution in [2.45, 2.75) is 69.6 Å². The fourth-order valence-corrected chi connectivity index (χ4v) is 4.73. The Kier molecular flexibility index (Phi) is 5.84. The summed E-state index contributed by atoms with van der Waals surface area (Å²) in [5.74, 6) is -3.37. The van der Waals surface area contributed by atoms with Gasteiger partial charge in [-0.15, -0.1) is 0 Å². The molecule has 0 aliphatic heterocycles. The number of nitrogens with two attached hydrogens (primary N) is 1. The summed E-state index contributed by atoms with van der Waals surface area (Å²) in [4.78, 5) is 23.0. The zero-order chi connectivity index (χ0) is 20.6. The Balaban J connectivity index is 2.52. The number of rotatable bonds is 8. The summed E-state index contributed by atoms with van der Waals surface area (Å²) in [5.41, 5.74) is 7.13. The molecule has 0 radical (unpaired) electrons. The van der Waals surface area contributed by atoms with Crippen molar-refractivity contribution < 1.29 is 24.4 Å². The van der Waals surface area contributed by atoms with Gasteiger partial charge in [-0.3, -0.25) is 14.2 Å². The standard InChI is InChI=1S/C20H28NO5P/c1-18(2)10-9-12-5-6-13(11-15(12)18)19(3,4)20(25,27-26)14(17(23)24)7-8-16(21)22/h5-6,11,14,25H,7-10H2,1-4H3,(H2,21,22)(H,23,24). The number of carbonyl (C=O) groups is 2. The molecule has 1 aliphatic rings. The second-order valence-corrected chi connectivity index (χ2v) is 9.46. The van der Waals surface area contributed by atoms with Crippen LogP contribution in [0.4, 0.5) is 0 Å². The van der Waals surface area contributed by atoms with E-state index in [-0.39, 0.29) is 18.3 Å². The zero-order valence-corrected chi connectivity index (χ0v) is 17.2. The number of aliphatic hydroxyl groups is 1. The Morgan fingerprint density at radius 1 is 1.33 bits per heavy atom. The number of carboxylic acid groups (broad SMARTS) is 1. The number of hydrogen-bond acceptors (Lipinski definition) is 4. The minimum absolute atomic E-state index is 0.00706. The van der Waals surface area contributed by atoms with Crippen LogP contribution in [0, 0.1) is 5.92 Å². The van der Waals surface area contributed by atoms with Crippen LogP contribution in [0.25, 0.3) is 0 Å². The van der Waals surface area contributed by atoms with E-state index in [1.54, 1.807) is 13.8 Å². The molecule has 148 valence electrons. The van der Waals surface area contributed by atoms with E-state index in [9.17, 15) is 24.4 Å². The molecule has 2 atom stereocenters. The van der Waals surface area contributed by atoms with Gasteiger partial charge in [-0.25, -0.2) is 0 Å². The van der Waals surface area contributed by atoms with E-state index in [0.717, 1.165) is 12.8 Å². The molecule has 0 heterocycles. The van der Waals surface area contributed by atoms with Crippen LogP contribution in [0.15, 0.2) is 18.2 Å². The highest BCUT2D eigenvalue weighted by Crippen LogP contribution is 2.50. The molecule has 1 aromatic rings. The lowest BCUT2D eigenvalue weighted by molar-refractivity contribution is -0.150. The van der Waals surface area contributed by atoms with Crippen LogP contribution in [0.5, 0.6) is 0 Å². The lowest BCUT2D eigenvalue weighted by Crippen LogP contribution is -2.52. The highest BCUT2D eigenvalue weighted by atomic mass is 31.1. The second kappa shape index (κ2) is 7.33. The van der Waals surface area contributed by atoms with Gasteiger partial charge >= 0.3 is 5.97 Å². The fraction of sp³-hybridized carbons (Fsp3) is 0.600. The van der Waals surface area contributed by atoms with Crippen molar-refractivity contribution in [2.75, 3.05) is 0 Å². The number of primary amides is 1. The van der Waals surface area contributed by atoms with Crippen LogP contribution in [-0.4, -0.2) is 27.4 Å². The average molecular weight is 393 g/mol. The van der Waals surface area contributed by atoms with E-state index in [2.05, 4.69) is 13.8 Å². The van der Waals surface area contributed by atoms with Gasteiger partial charge in [0, 0.05) is 11.8 Å². The van der Waals surface area contributed by atoms with E-state index in [1.165, 1.54) is 11.1 Å². The number of carbonyl (C=O) groups excluding carboxylic acids is 1. The van der Waals surface area contributed by atoms with E-state index in [4.69, 9.17) is 5.73 Å². The topological polar surface area (TPSA) is 118 Å². The van der Waals surface area contributed by atoms with E-state index in [1.807, 2.05) is 18.2 Å². The quantitative estimate of drug-likeness (QED) is 0.587. The highest BCUT2D eigenvalue weighted by molar-refractivity contribution is 7.26. The van der Waals surface area contributed by atoms with Crippen molar-refractivity contribution in [1.82, 2.24) is 0 Å². The normalized spacial score (nSPS) is 19.3. The molecule has 27 heavy (non-hydrogen) atoms. The number of aliphatic carboxylic acids is 1. The summed E-state index contributed by atoms with van der Waals surface area (Å²) in [6.45, 7) is 7.67. The molecule has 1 amide bonds. The average Bonchev–Trinajstić information content (AvgIpc) is 2.88. The lowest BCUT2D eigenvalue weighted by Gasteiger charge is -2.42. The third-order valence-electron chi connectivity index (χ3n) is 6.10. The Hall–Kier alpha value is -1.78. The van der Waals surface area contributed by atoms with Gasteiger partial charge in [0.2, 0.25) is 5.91 Å². The van der Waals surface area contributed by atoms with Gasteiger partial charge in [0.1, 0.15) is 0 Å². The highest BCUT2D eigenvalue weighted by Gasteiger charge is 2.54. The molecular formula is C20H28NO5P. The van der Waals surface area contributed by atoms with Gasteiger partial charge in [0.05, 0.1) is 5.92 Å². The maximum atomic E-state index is 12.1. The summed E-state index contributed by atoms with van der Waals surface area (Å²) >= 11 is 0. The van der Waals surface area contributed by atoms with Crippen LogP contribution < -0.4 is 5.73 Å². The molecule has 1 aromatic carbocycles. The van der Waals surface area contributed by atoms with Crippen molar-refractivity contribution >= 4 is 20.3 Å². The molecule has 0 saturated heterocycles. The molecule has 0 spiro atoms. The summed E-state index contributed by atoms with van der Waals surface area (Å²) < 4.78 is 12.1. The lowest BCUT2D eigenvalue weighted by atomic mass is 9.71. The first-order valence-electron chi connectivity index (χ1n) is 9.08. The smallest absolute Gasteiger partial charge is 0.310 e. The fourth-order valence-electron chi connectivity index (χ4n) is 4.00. The van der Waals surface area contributed by atoms with Crippen molar-refractivity contribution in [1.29, 1.82) is 0 Å². The van der Waals surface area contributed by atoms with Crippen molar-refractivity contribution in [3.05, 3.63) is 34.9 Å². The van der Waals surface area contributed by atoms with Crippen LogP contribution >= 0.6 is 8.46 Å². The third-order valence-corrected chi connectivity index (χ3v) is 7.25. The Morgan fingerprint density at radius 3 is 2.48 bits per heavy atom. The van der Waals surface area contributed by atoms with Gasteiger partial charge in [-0.2, -0.15) is 0 Å². The zero-order valence-electron chi connectivity index (χ0n) is 16.3. The van der Waals surface area contributed by atoms with E-state index < -0.39 is 37.0 Å². The molecule has 0 bridgehead atoms. The number of benzene rings is 1. The monoisotopic (exact) mass is 393 g/mol. The third kappa shape index (κ3) is 3.78. The first-order valence-corrected chi connectivity index (χ1v) is 9.90. The summed E-state index contributed by atoms with van der Waals surface area (Å²) in [5, 5.41) is 18.8. The first kappa shape index (κ1) is 21.5. The van der Waals surface area contributed by atoms with Crippen LogP contribution in [0.2, 0.25) is 0 Å². The van der Waals surface area contributed by atoms with Crippen molar-refractivity contribution in [3.63, 3.8) is 0 Å². The molecular weight excluding hydrogens is 365 g/mol. The molecule has 7 heteroatoms. The van der Waals surface area contributed by atoms with E-state index >= 15 is 0 Å². The minimum atomic E-state index is -2.09. The van der Waals surface area contributed by atoms with Gasteiger partial charge in [0.15, 0.2) is 13.8 Å². The van der Waals surface area contributed by atoms with Crippen LogP contribution in [0.3, 0.4) is 0 Å². The number of fused-ring (bicyclic) bond motifs is 1. The van der Waals surface area contributed by atoms with Crippen LogP contribution in [0.1, 0.15) is 63.6 Å². The minimum Gasteiger partial charge on any atom is -0.481 e. The van der Waals surface area contributed by atoms with Crippen LogP contribution in [-0.2, 0) is 31.4 Å². The number of aryl methyl sites for hydroxylation is 1. The molecule has 1 aliphatic carbocycles. The van der Waals surface area contributed by atoms with Gasteiger partial charge < -0.3 is 15.9 Å². The largest absolute Gasteiger partial charge is 0.481 e. The van der Waals surface area contributed by atoms with Crippen molar-refractivity contribution in [2.24, 2.45) is 11.7 Å². The summed E-state index contributed by atoms with van der Waals surface area (Å²) in [6.07, 6.45) is 1.61. The van der Waals surface area contributed by atoms with Gasteiger partial charge in [-0.1, -0.05) is 45.9 Å². The Labute approximate surface area is 161 Å². The summed E-state index contributed by atoms with van der Waals surface area (Å²) in [7, 11) is -0.704. The Bertz CT molecular complexity index is 774. The number of amides is 1.